The van der Waals surface area contributed by atoms with Crippen molar-refractivity contribution in [3.63, 3.8) is 0 Å². The van der Waals surface area contributed by atoms with Crippen molar-refractivity contribution in [1.29, 1.82) is 0 Å². The van der Waals surface area contributed by atoms with E-state index in [2.05, 4.69) is 20.0 Å². The monoisotopic (exact) mass is 228 g/mol. The minimum atomic E-state index is 0.317. The summed E-state index contributed by atoms with van der Waals surface area (Å²) < 4.78 is 0. The lowest BCUT2D eigenvalue weighted by molar-refractivity contribution is 1.28. The molecule has 0 saturated carbocycles. The summed E-state index contributed by atoms with van der Waals surface area (Å²) in [5, 5.41) is 0. The Morgan fingerprint density at radius 2 is 2.00 bits per heavy atom. The van der Waals surface area contributed by atoms with E-state index in [0.29, 0.717) is 29.0 Å². The molecule has 0 spiro atoms. The van der Waals surface area contributed by atoms with Crippen LogP contribution in [0.1, 0.15) is 0 Å². The highest BCUT2D eigenvalue weighted by Gasteiger charge is 2.08. The molecule has 0 atom stereocenters. The number of pyridine rings is 1. The lowest BCUT2D eigenvalue weighted by atomic mass is 10.2. The SMILES string of the molecule is CN=C1C=CC(=Nc2cccc(N)n2)C(N)=N1. The minimum Gasteiger partial charge on any atom is -0.384 e. The van der Waals surface area contributed by atoms with Gasteiger partial charge < -0.3 is 11.5 Å². The van der Waals surface area contributed by atoms with E-state index in [-0.39, 0.29) is 0 Å². The molecule has 1 aromatic heterocycles. The molecule has 0 aromatic carbocycles. The number of dihydropyridines is 1. The molecule has 2 heterocycles. The number of nitrogen functional groups attached to an aromatic ring is 1. The molecule has 1 aliphatic heterocycles. The molecule has 6 heteroatoms. The lowest BCUT2D eigenvalue weighted by Gasteiger charge is -2.06. The van der Waals surface area contributed by atoms with Gasteiger partial charge in [0.1, 0.15) is 17.4 Å². The Morgan fingerprint density at radius 1 is 1.18 bits per heavy atom. The maximum atomic E-state index is 5.76. The molecule has 0 radical (unpaired) electrons. The molecule has 0 aliphatic carbocycles. The van der Waals surface area contributed by atoms with E-state index in [1.165, 1.54) is 0 Å². The smallest absolute Gasteiger partial charge is 0.155 e. The van der Waals surface area contributed by atoms with Crippen molar-refractivity contribution in [2.75, 3.05) is 12.8 Å². The van der Waals surface area contributed by atoms with Gasteiger partial charge in [-0.3, -0.25) is 4.99 Å². The number of aliphatic imine (C=N–C) groups is 3. The highest BCUT2D eigenvalue weighted by Crippen LogP contribution is 2.11. The summed E-state index contributed by atoms with van der Waals surface area (Å²) >= 11 is 0. The van der Waals surface area contributed by atoms with Gasteiger partial charge in [0.25, 0.3) is 0 Å². The van der Waals surface area contributed by atoms with E-state index in [9.17, 15) is 0 Å². The summed E-state index contributed by atoms with van der Waals surface area (Å²) in [6.07, 6.45) is 3.48. The van der Waals surface area contributed by atoms with Crippen LogP contribution in [0.25, 0.3) is 0 Å². The van der Waals surface area contributed by atoms with Crippen LogP contribution in [0.4, 0.5) is 11.6 Å². The standard InChI is InChI=1S/C11H12N6/c1-14-9-6-5-7(11(13)17-9)15-10-4-2-3-8(12)16-10/h2-6H,1H3,(H2,12,16)(H2,13,14,17). The second kappa shape index (κ2) is 4.56. The minimum absolute atomic E-state index is 0.317. The average molecular weight is 228 g/mol. The van der Waals surface area contributed by atoms with Gasteiger partial charge in [0.05, 0.1) is 0 Å². The molecule has 0 amide bonds. The number of anilines is 1. The van der Waals surface area contributed by atoms with Crippen molar-refractivity contribution in [1.82, 2.24) is 4.98 Å². The summed E-state index contributed by atoms with van der Waals surface area (Å²) in [5.41, 5.74) is 11.9. The summed E-state index contributed by atoms with van der Waals surface area (Å²) in [6, 6.07) is 5.22. The molecule has 0 bridgehead atoms. The number of nitrogens with zero attached hydrogens (tertiary/aromatic N) is 4. The van der Waals surface area contributed by atoms with Crippen LogP contribution in [0.15, 0.2) is 45.3 Å². The molecule has 6 nitrogen and oxygen atoms in total. The summed E-state index contributed by atoms with van der Waals surface area (Å²) in [5.74, 6) is 1.80. The van der Waals surface area contributed by atoms with Gasteiger partial charge in [-0.1, -0.05) is 6.07 Å². The number of aromatic nitrogens is 1. The van der Waals surface area contributed by atoms with E-state index < -0.39 is 0 Å². The third kappa shape index (κ3) is 2.54. The molecule has 0 unspecified atom stereocenters. The number of hydrogen-bond donors (Lipinski definition) is 2. The quantitative estimate of drug-likeness (QED) is 0.739. The molecule has 1 aliphatic rings. The molecule has 0 saturated heterocycles. The summed E-state index contributed by atoms with van der Waals surface area (Å²) in [7, 11) is 1.65. The Labute approximate surface area is 98.5 Å². The molecule has 17 heavy (non-hydrogen) atoms. The van der Waals surface area contributed by atoms with Crippen LogP contribution in [-0.2, 0) is 0 Å². The maximum absolute atomic E-state index is 5.76. The average Bonchev–Trinajstić information content (AvgIpc) is 2.32. The van der Waals surface area contributed by atoms with Gasteiger partial charge in [-0.05, 0) is 24.3 Å². The van der Waals surface area contributed by atoms with Gasteiger partial charge in [-0.15, -0.1) is 0 Å². The molecule has 2 rings (SSSR count). The third-order valence-corrected chi connectivity index (χ3v) is 2.11. The van der Waals surface area contributed by atoms with Gasteiger partial charge in [-0.2, -0.15) is 0 Å². The fraction of sp³-hybridized carbons (Fsp3) is 0.0909. The summed E-state index contributed by atoms with van der Waals surface area (Å²) in [4.78, 5) is 16.3. The van der Waals surface area contributed by atoms with Crippen molar-refractivity contribution >= 4 is 29.0 Å². The fourth-order valence-electron chi connectivity index (χ4n) is 1.30. The fourth-order valence-corrected chi connectivity index (χ4v) is 1.30. The zero-order valence-corrected chi connectivity index (χ0v) is 9.33. The van der Waals surface area contributed by atoms with Gasteiger partial charge in [-0.25, -0.2) is 15.0 Å². The Balaban J connectivity index is 2.34. The molecule has 0 fully saturated rings. The van der Waals surface area contributed by atoms with Crippen LogP contribution in [0, 0.1) is 0 Å². The lowest BCUT2D eigenvalue weighted by Crippen LogP contribution is -2.26. The largest absolute Gasteiger partial charge is 0.384 e. The van der Waals surface area contributed by atoms with Gasteiger partial charge in [0, 0.05) is 7.05 Å². The molecule has 4 N–H and O–H groups in total. The first-order valence-electron chi connectivity index (χ1n) is 4.99. The molecule has 1 aromatic rings. The molecule has 86 valence electrons. The number of rotatable bonds is 1. The second-order valence-corrected chi connectivity index (χ2v) is 3.33. The molecular formula is C11H12N6. The van der Waals surface area contributed by atoms with E-state index in [4.69, 9.17) is 11.5 Å². The van der Waals surface area contributed by atoms with Crippen LogP contribution < -0.4 is 11.5 Å². The van der Waals surface area contributed by atoms with Crippen molar-refractivity contribution in [3.8, 4) is 0 Å². The van der Waals surface area contributed by atoms with Gasteiger partial charge in [0.15, 0.2) is 11.7 Å². The Bertz CT molecular complexity index is 553. The zero-order valence-electron chi connectivity index (χ0n) is 9.33. The Morgan fingerprint density at radius 3 is 2.65 bits per heavy atom. The first-order valence-corrected chi connectivity index (χ1v) is 4.99. The van der Waals surface area contributed by atoms with Gasteiger partial charge >= 0.3 is 0 Å². The highest BCUT2D eigenvalue weighted by atomic mass is 15.0. The highest BCUT2D eigenvalue weighted by molar-refractivity contribution is 6.49. The van der Waals surface area contributed by atoms with E-state index in [1.807, 2.05) is 0 Å². The predicted molar refractivity (Wildman–Crippen MR) is 69.9 cm³/mol. The Hall–Kier alpha value is -2.50. The van der Waals surface area contributed by atoms with Crippen molar-refractivity contribution in [2.24, 2.45) is 20.7 Å². The topological polar surface area (TPSA) is 102 Å². The summed E-state index contributed by atoms with van der Waals surface area (Å²) in [6.45, 7) is 0. The van der Waals surface area contributed by atoms with E-state index in [0.717, 1.165) is 0 Å². The normalized spacial score (nSPS) is 19.7. The van der Waals surface area contributed by atoms with Crippen LogP contribution in [0.3, 0.4) is 0 Å². The van der Waals surface area contributed by atoms with E-state index >= 15 is 0 Å². The van der Waals surface area contributed by atoms with Crippen molar-refractivity contribution in [3.05, 3.63) is 30.4 Å². The first-order chi connectivity index (χ1) is 8.19. The maximum Gasteiger partial charge on any atom is 0.155 e. The van der Waals surface area contributed by atoms with E-state index in [1.54, 1.807) is 37.4 Å². The van der Waals surface area contributed by atoms with Crippen LogP contribution in [-0.4, -0.2) is 29.4 Å². The van der Waals surface area contributed by atoms with Gasteiger partial charge in [0.2, 0.25) is 0 Å². The van der Waals surface area contributed by atoms with Crippen molar-refractivity contribution in [2.45, 2.75) is 0 Å². The predicted octanol–water partition coefficient (Wildman–Crippen LogP) is 0.692. The Kier molecular flexibility index (Phi) is 2.95. The van der Waals surface area contributed by atoms with Crippen LogP contribution in [0.2, 0.25) is 0 Å². The zero-order chi connectivity index (χ0) is 12.3. The molecular weight excluding hydrogens is 216 g/mol. The van der Waals surface area contributed by atoms with Crippen molar-refractivity contribution < 1.29 is 0 Å². The number of nitrogens with two attached hydrogens (primary N) is 2. The number of amidine groups is 2. The number of hydrogen-bond acceptors (Lipinski definition) is 5. The van der Waals surface area contributed by atoms with Crippen LogP contribution >= 0.6 is 0 Å². The first kappa shape index (κ1) is 11.0. The second-order valence-electron chi connectivity index (χ2n) is 3.33. The third-order valence-electron chi connectivity index (χ3n) is 2.11. The van der Waals surface area contributed by atoms with Crippen LogP contribution in [0.5, 0.6) is 0 Å².